The van der Waals surface area contributed by atoms with E-state index in [-0.39, 0.29) is 5.41 Å². The summed E-state index contributed by atoms with van der Waals surface area (Å²) < 4.78 is 0. The first-order valence-corrected chi connectivity index (χ1v) is 4.67. The molecule has 0 atom stereocenters. The fourth-order valence-corrected chi connectivity index (χ4v) is 1.38. The molecule has 0 aliphatic heterocycles. The third-order valence-electron chi connectivity index (χ3n) is 2.01. The smallest absolute Gasteiger partial charge is 0.118 e. The summed E-state index contributed by atoms with van der Waals surface area (Å²) in [5.74, 6) is 0.404. The topological polar surface area (TPSA) is 20.2 Å². The SMILES string of the molecule is Cc1ccc(CC(C)(C)C)cc1O. The van der Waals surface area contributed by atoms with E-state index >= 15 is 0 Å². The Hall–Kier alpha value is -0.980. The second-order valence-corrected chi connectivity index (χ2v) is 4.86. The Labute approximate surface area is 80.4 Å². The molecule has 0 heterocycles. The molecule has 1 heteroatoms. The second-order valence-electron chi connectivity index (χ2n) is 4.86. The van der Waals surface area contributed by atoms with Gasteiger partial charge < -0.3 is 5.11 Å². The Bertz CT molecular complexity index is 294. The second kappa shape index (κ2) is 3.41. The molecule has 0 amide bonds. The van der Waals surface area contributed by atoms with Gasteiger partial charge >= 0.3 is 0 Å². The summed E-state index contributed by atoms with van der Waals surface area (Å²) in [5.41, 5.74) is 2.43. The van der Waals surface area contributed by atoms with Gasteiger partial charge in [-0.05, 0) is 36.0 Å². The van der Waals surface area contributed by atoms with Crippen molar-refractivity contribution in [3.8, 4) is 5.75 Å². The van der Waals surface area contributed by atoms with Gasteiger partial charge in [-0.1, -0.05) is 32.9 Å². The minimum atomic E-state index is 0.279. The molecule has 0 fully saturated rings. The maximum Gasteiger partial charge on any atom is 0.118 e. The van der Waals surface area contributed by atoms with Gasteiger partial charge in [0.25, 0.3) is 0 Å². The van der Waals surface area contributed by atoms with E-state index in [2.05, 4.69) is 26.8 Å². The number of phenolic OH excluding ortho intramolecular Hbond substituents is 1. The molecule has 0 aliphatic carbocycles. The van der Waals surface area contributed by atoms with E-state index in [1.54, 1.807) is 0 Å². The van der Waals surface area contributed by atoms with Gasteiger partial charge in [0.15, 0.2) is 0 Å². The highest BCUT2D eigenvalue weighted by molar-refractivity contribution is 5.35. The van der Waals surface area contributed by atoms with Gasteiger partial charge in [-0.15, -0.1) is 0 Å². The van der Waals surface area contributed by atoms with Crippen LogP contribution in [0.5, 0.6) is 5.75 Å². The van der Waals surface area contributed by atoms with Gasteiger partial charge in [0.05, 0.1) is 0 Å². The lowest BCUT2D eigenvalue weighted by molar-refractivity contribution is 0.409. The number of phenols is 1. The van der Waals surface area contributed by atoms with Crippen molar-refractivity contribution >= 4 is 0 Å². The fraction of sp³-hybridized carbons (Fsp3) is 0.500. The molecule has 0 radical (unpaired) electrons. The summed E-state index contributed by atoms with van der Waals surface area (Å²) in [4.78, 5) is 0. The van der Waals surface area contributed by atoms with Crippen LogP contribution in [0.15, 0.2) is 18.2 Å². The summed E-state index contributed by atoms with van der Waals surface area (Å²) >= 11 is 0. The Morgan fingerprint density at radius 3 is 2.31 bits per heavy atom. The van der Waals surface area contributed by atoms with E-state index in [4.69, 9.17) is 0 Å². The summed E-state index contributed by atoms with van der Waals surface area (Å²) in [5, 5.41) is 9.50. The molecule has 0 saturated heterocycles. The summed E-state index contributed by atoms with van der Waals surface area (Å²) in [6.07, 6.45) is 1.00. The molecule has 1 aromatic rings. The molecule has 0 spiro atoms. The predicted molar refractivity (Wildman–Crippen MR) is 56.0 cm³/mol. The first-order chi connectivity index (χ1) is 5.88. The summed E-state index contributed by atoms with van der Waals surface area (Å²) in [6, 6.07) is 5.91. The molecule has 1 N–H and O–H groups in total. The van der Waals surface area contributed by atoms with Gasteiger partial charge in [-0.2, -0.15) is 0 Å². The van der Waals surface area contributed by atoms with Crippen LogP contribution in [-0.4, -0.2) is 5.11 Å². The number of rotatable bonds is 1. The Kier molecular flexibility index (Phi) is 2.65. The van der Waals surface area contributed by atoms with Crippen molar-refractivity contribution in [1.29, 1.82) is 0 Å². The average molecular weight is 178 g/mol. The quantitative estimate of drug-likeness (QED) is 0.699. The minimum Gasteiger partial charge on any atom is -0.508 e. The number of benzene rings is 1. The molecule has 0 bridgehead atoms. The number of aromatic hydroxyl groups is 1. The van der Waals surface area contributed by atoms with Crippen LogP contribution in [0, 0.1) is 12.3 Å². The Morgan fingerprint density at radius 2 is 1.85 bits per heavy atom. The van der Waals surface area contributed by atoms with Crippen LogP contribution in [0.2, 0.25) is 0 Å². The van der Waals surface area contributed by atoms with Gasteiger partial charge in [-0.3, -0.25) is 0 Å². The van der Waals surface area contributed by atoms with Crippen LogP contribution in [0.25, 0.3) is 0 Å². The third kappa shape index (κ3) is 3.10. The van der Waals surface area contributed by atoms with E-state index in [1.165, 1.54) is 5.56 Å². The highest BCUT2D eigenvalue weighted by atomic mass is 16.3. The van der Waals surface area contributed by atoms with E-state index in [1.807, 2.05) is 19.1 Å². The Morgan fingerprint density at radius 1 is 1.23 bits per heavy atom. The van der Waals surface area contributed by atoms with Crippen LogP contribution in [0.4, 0.5) is 0 Å². The predicted octanol–water partition coefficient (Wildman–Crippen LogP) is 3.29. The monoisotopic (exact) mass is 178 g/mol. The molecule has 0 saturated carbocycles. The van der Waals surface area contributed by atoms with Crippen LogP contribution < -0.4 is 0 Å². The average Bonchev–Trinajstić information content (AvgIpc) is 1.94. The van der Waals surface area contributed by atoms with Gasteiger partial charge in [0, 0.05) is 0 Å². The third-order valence-corrected chi connectivity index (χ3v) is 2.01. The molecular formula is C12H18O. The lowest BCUT2D eigenvalue weighted by Gasteiger charge is -2.18. The molecule has 72 valence electrons. The highest BCUT2D eigenvalue weighted by Crippen LogP contribution is 2.24. The standard InChI is InChI=1S/C12H18O/c1-9-5-6-10(7-11(9)13)8-12(2,3)4/h5-7,13H,8H2,1-4H3. The first kappa shape index (κ1) is 10.1. The van der Waals surface area contributed by atoms with Gasteiger partial charge in [0.2, 0.25) is 0 Å². The lowest BCUT2D eigenvalue weighted by Crippen LogP contribution is -2.08. The van der Waals surface area contributed by atoms with Crippen molar-refractivity contribution in [2.24, 2.45) is 5.41 Å². The van der Waals surface area contributed by atoms with Crippen LogP contribution in [0.3, 0.4) is 0 Å². The molecule has 1 aromatic carbocycles. The van der Waals surface area contributed by atoms with Crippen LogP contribution in [0.1, 0.15) is 31.9 Å². The zero-order valence-corrected chi connectivity index (χ0v) is 8.89. The Balaban J connectivity index is 2.86. The lowest BCUT2D eigenvalue weighted by atomic mass is 9.88. The molecular weight excluding hydrogens is 160 g/mol. The van der Waals surface area contributed by atoms with Crippen molar-refractivity contribution in [3.05, 3.63) is 29.3 Å². The van der Waals surface area contributed by atoms with Crippen molar-refractivity contribution in [1.82, 2.24) is 0 Å². The first-order valence-electron chi connectivity index (χ1n) is 4.67. The molecule has 0 aromatic heterocycles. The number of hydrogen-bond donors (Lipinski definition) is 1. The minimum absolute atomic E-state index is 0.279. The van der Waals surface area contributed by atoms with Crippen molar-refractivity contribution in [3.63, 3.8) is 0 Å². The van der Waals surface area contributed by atoms with Gasteiger partial charge in [-0.25, -0.2) is 0 Å². The normalized spacial score (nSPS) is 11.7. The fourth-order valence-electron chi connectivity index (χ4n) is 1.38. The maximum atomic E-state index is 9.50. The molecule has 0 unspecified atom stereocenters. The largest absolute Gasteiger partial charge is 0.508 e. The number of aryl methyl sites for hydroxylation is 1. The van der Waals surface area contributed by atoms with E-state index < -0.39 is 0 Å². The zero-order chi connectivity index (χ0) is 10.1. The molecule has 1 nitrogen and oxygen atoms in total. The van der Waals surface area contributed by atoms with Crippen molar-refractivity contribution in [2.45, 2.75) is 34.1 Å². The molecule has 13 heavy (non-hydrogen) atoms. The summed E-state index contributed by atoms with van der Waals surface area (Å²) in [6.45, 7) is 8.51. The maximum absolute atomic E-state index is 9.50. The van der Waals surface area contributed by atoms with E-state index in [0.717, 1.165) is 12.0 Å². The van der Waals surface area contributed by atoms with Gasteiger partial charge in [0.1, 0.15) is 5.75 Å². The zero-order valence-electron chi connectivity index (χ0n) is 8.89. The van der Waals surface area contributed by atoms with E-state index in [0.29, 0.717) is 5.75 Å². The molecule has 0 aliphatic rings. The van der Waals surface area contributed by atoms with Crippen LogP contribution >= 0.6 is 0 Å². The number of hydrogen-bond acceptors (Lipinski definition) is 1. The van der Waals surface area contributed by atoms with Crippen LogP contribution in [-0.2, 0) is 6.42 Å². The summed E-state index contributed by atoms with van der Waals surface area (Å²) in [7, 11) is 0. The van der Waals surface area contributed by atoms with Crippen molar-refractivity contribution in [2.75, 3.05) is 0 Å². The van der Waals surface area contributed by atoms with Crippen molar-refractivity contribution < 1.29 is 5.11 Å². The van der Waals surface area contributed by atoms with E-state index in [9.17, 15) is 5.11 Å². The highest BCUT2D eigenvalue weighted by Gasteiger charge is 2.11. The molecule has 1 rings (SSSR count).